The number of hydrogen-bond acceptors (Lipinski definition) is 2. The molecule has 11 heavy (non-hydrogen) atoms. The van der Waals surface area contributed by atoms with Crippen molar-refractivity contribution in [2.45, 2.75) is 39.7 Å². The first-order chi connectivity index (χ1) is 4.87. The molecule has 0 N–H and O–H groups in total. The van der Waals surface area contributed by atoms with Gasteiger partial charge < -0.3 is 0 Å². The zero-order chi connectivity index (χ0) is 8.70. The molecule has 1 aliphatic heterocycles. The van der Waals surface area contributed by atoms with Crippen molar-refractivity contribution in [2.24, 2.45) is 5.41 Å². The third-order valence-corrected chi connectivity index (χ3v) is 3.44. The summed E-state index contributed by atoms with van der Waals surface area (Å²) in [5.41, 5.74) is 0.898. The molecule has 1 fully saturated rings. The molecular weight excluding hydrogens is 154 g/mol. The molecule has 0 aromatic rings. The van der Waals surface area contributed by atoms with E-state index < -0.39 is 0 Å². The van der Waals surface area contributed by atoms with Crippen LogP contribution >= 0.6 is 11.9 Å². The van der Waals surface area contributed by atoms with Crippen LogP contribution in [0.15, 0.2) is 0 Å². The van der Waals surface area contributed by atoms with Crippen LogP contribution in [0, 0.1) is 5.41 Å². The molecule has 0 amide bonds. The molecule has 1 rings (SSSR count). The van der Waals surface area contributed by atoms with Crippen LogP contribution in [0.5, 0.6) is 0 Å². The second-order valence-corrected chi connectivity index (χ2v) is 5.68. The van der Waals surface area contributed by atoms with Gasteiger partial charge in [-0.15, -0.1) is 0 Å². The van der Waals surface area contributed by atoms with E-state index in [0.717, 1.165) is 0 Å². The van der Waals surface area contributed by atoms with Crippen molar-refractivity contribution in [1.82, 2.24) is 4.31 Å². The highest BCUT2D eigenvalue weighted by molar-refractivity contribution is 7.96. The van der Waals surface area contributed by atoms with Crippen LogP contribution in [-0.4, -0.2) is 22.6 Å². The first-order valence-corrected chi connectivity index (χ1v) is 5.37. The monoisotopic (exact) mass is 173 g/mol. The largest absolute Gasteiger partial charge is 0.245 e. The molecule has 0 saturated carbocycles. The highest BCUT2D eigenvalue weighted by Crippen LogP contribution is 2.43. The molecule has 1 nitrogen and oxygen atoms in total. The highest BCUT2D eigenvalue weighted by Gasteiger charge is 2.42. The van der Waals surface area contributed by atoms with Crippen molar-refractivity contribution in [3.05, 3.63) is 0 Å². The molecule has 0 aliphatic carbocycles. The molecule has 1 aliphatic rings. The number of rotatable bonds is 1. The van der Waals surface area contributed by atoms with Crippen LogP contribution in [0.2, 0.25) is 0 Å². The van der Waals surface area contributed by atoms with Gasteiger partial charge in [0, 0.05) is 12.1 Å². The average molecular weight is 173 g/mol. The molecule has 0 atom stereocenters. The Balaban J connectivity index is 2.71. The molecule has 0 spiro atoms. The lowest BCUT2D eigenvalue weighted by molar-refractivity contribution is 0.318. The Hall–Kier alpha value is 0.310. The quantitative estimate of drug-likeness (QED) is 0.561. The summed E-state index contributed by atoms with van der Waals surface area (Å²) in [6.07, 6.45) is 3.48. The summed E-state index contributed by atoms with van der Waals surface area (Å²) >= 11 is 1.87. The van der Waals surface area contributed by atoms with Crippen molar-refractivity contribution in [1.29, 1.82) is 0 Å². The fourth-order valence-corrected chi connectivity index (χ4v) is 3.27. The van der Waals surface area contributed by atoms with Crippen molar-refractivity contribution < 1.29 is 0 Å². The van der Waals surface area contributed by atoms with E-state index in [2.05, 4.69) is 38.3 Å². The van der Waals surface area contributed by atoms with Crippen molar-refractivity contribution in [3.8, 4) is 0 Å². The second kappa shape index (κ2) is 2.67. The van der Waals surface area contributed by atoms with Gasteiger partial charge in [-0.05, 0) is 31.9 Å². The van der Waals surface area contributed by atoms with Gasteiger partial charge in [0.15, 0.2) is 0 Å². The van der Waals surface area contributed by atoms with E-state index in [-0.39, 0.29) is 0 Å². The predicted molar refractivity (Wildman–Crippen MR) is 52.7 cm³/mol. The summed E-state index contributed by atoms with van der Waals surface area (Å²) in [5, 5.41) is 0. The molecule has 0 aromatic heterocycles. The fraction of sp³-hybridized carbons (Fsp3) is 1.00. The van der Waals surface area contributed by atoms with Gasteiger partial charge >= 0.3 is 0 Å². The van der Waals surface area contributed by atoms with Crippen LogP contribution < -0.4 is 0 Å². The smallest absolute Gasteiger partial charge is 0.0262 e. The Morgan fingerprint density at radius 1 is 1.18 bits per heavy atom. The SMILES string of the molecule is CSN1CC(C)(C)CC1(C)C. The Morgan fingerprint density at radius 2 is 1.73 bits per heavy atom. The summed E-state index contributed by atoms with van der Waals surface area (Å²) in [4.78, 5) is 0. The maximum atomic E-state index is 2.49. The number of hydrogen-bond donors (Lipinski definition) is 0. The van der Waals surface area contributed by atoms with Gasteiger partial charge in [-0.25, -0.2) is 4.31 Å². The molecule has 1 heterocycles. The van der Waals surface area contributed by atoms with Crippen LogP contribution in [0.4, 0.5) is 0 Å². The molecule has 1 saturated heterocycles. The topological polar surface area (TPSA) is 3.24 Å². The molecule has 66 valence electrons. The summed E-state index contributed by atoms with van der Waals surface area (Å²) < 4.78 is 2.49. The van der Waals surface area contributed by atoms with Crippen LogP contribution in [0.3, 0.4) is 0 Å². The van der Waals surface area contributed by atoms with Gasteiger partial charge in [-0.1, -0.05) is 25.8 Å². The first-order valence-electron chi connectivity index (χ1n) is 4.19. The summed E-state index contributed by atoms with van der Waals surface area (Å²) in [5.74, 6) is 0. The summed E-state index contributed by atoms with van der Waals surface area (Å²) in [6, 6.07) is 0. The van der Waals surface area contributed by atoms with E-state index in [1.165, 1.54) is 13.0 Å². The Labute approximate surface area is 74.7 Å². The van der Waals surface area contributed by atoms with Crippen LogP contribution in [-0.2, 0) is 0 Å². The maximum absolute atomic E-state index is 2.49. The normalized spacial score (nSPS) is 29.2. The van der Waals surface area contributed by atoms with E-state index in [0.29, 0.717) is 11.0 Å². The van der Waals surface area contributed by atoms with E-state index in [4.69, 9.17) is 0 Å². The zero-order valence-electron chi connectivity index (χ0n) is 8.27. The zero-order valence-corrected chi connectivity index (χ0v) is 9.09. The van der Waals surface area contributed by atoms with E-state index >= 15 is 0 Å². The fourth-order valence-electron chi connectivity index (χ4n) is 2.23. The third-order valence-electron chi connectivity index (χ3n) is 2.38. The van der Waals surface area contributed by atoms with Gasteiger partial charge in [0.05, 0.1) is 0 Å². The van der Waals surface area contributed by atoms with Gasteiger partial charge in [-0.3, -0.25) is 0 Å². The molecular formula is C9H19NS. The Morgan fingerprint density at radius 3 is 1.91 bits per heavy atom. The Bertz CT molecular complexity index is 152. The lowest BCUT2D eigenvalue weighted by atomic mass is 9.86. The van der Waals surface area contributed by atoms with Crippen LogP contribution in [0.25, 0.3) is 0 Å². The highest BCUT2D eigenvalue weighted by atomic mass is 32.2. The molecule has 0 radical (unpaired) electrons. The van der Waals surface area contributed by atoms with Gasteiger partial charge in [0.1, 0.15) is 0 Å². The summed E-state index contributed by atoms with van der Waals surface area (Å²) in [7, 11) is 0. The minimum absolute atomic E-state index is 0.392. The predicted octanol–water partition coefficient (Wildman–Crippen LogP) is 2.77. The molecule has 2 heteroatoms. The second-order valence-electron chi connectivity index (χ2n) is 4.87. The van der Waals surface area contributed by atoms with Gasteiger partial charge in [-0.2, -0.15) is 0 Å². The average Bonchev–Trinajstić information content (AvgIpc) is 1.99. The summed E-state index contributed by atoms with van der Waals surface area (Å²) in [6.45, 7) is 10.6. The number of nitrogens with zero attached hydrogens (tertiary/aromatic N) is 1. The minimum atomic E-state index is 0.392. The van der Waals surface area contributed by atoms with Crippen molar-refractivity contribution in [3.63, 3.8) is 0 Å². The van der Waals surface area contributed by atoms with Crippen LogP contribution in [0.1, 0.15) is 34.1 Å². The standard InChI is InChI=1S/C9H19NS/c1-8(2)6-9(3,4)10(7-8)11-5/h6-7H2,1-5H3. The minimum Gasteiger partial charge on any atom is -0.245 e. The first kappa shape index (κ1) is 9.40. The van der Waals surface area contributed by atoms with E-state index in [1.807, 2.05) is 11.9 Å². The molecule has 0 aromatic carbocycles. The molecule has 0 bridgehead atoms. The third kappa shape index (κ3) is 1.91. The van der Waals surface area contributed by atoms with Crippen molar-refractivity contribution >= 4 is 11.9 Å². The lowest BCUT2D eigenvalue weighted by Gasteiger charge is -2.28. The Kier molecular flexibility index (Phi) is 2.28. The maximum Gasteiger partial charge on any atom is 0.0262 e. The van der Waals surface area contributed by atoms with Gasteiger partial charge in [0.2, 0.25) is 0 Å². The molecule has 0 unspecified atom stereocenters. The van der Waals surface area contributed by atoms with E-state index in [9.17, 15) is 0 Å². The van der Waals surface area contributed by atoms with Gasteiger partial charge in [0.25, 0.3) is 0 Å². The lowest BCUT2D eigenvalue weighted by Crippen LogP contribution is -2.31. The van der Waals surface area contributed by atoms with Crippen molar-refractivity contribution in [2.75, 3.05) is 12.8 Å². The van der Waals surface area contributed by atoms with E-state index in [1.54, 1.807) is 0 Å².